The minimum Gasteiger partial charge on any atom is -0.462 e. The van der Waals surface area contributed by atoms with Gasteiger partial charge in [0.2, 0.25) is 5.91 Å². The highest BCUT2D eigenvalue weighted by Gasteiger charge is 2.43. The number of aryl methyl sites for hydroxylation is 1. The van der Waals surface area contributed by atoms with Gasteiger partial charge in [-0.1, -0.05) is 6.92 Å². The summed E-state index contributed by atoms with van der Waals surface area (Å²) in [6, 6.07) is -0.864. The number of likely N-dealkylation sites (N-methyl/N-ethyl adjacent to an activating group) is 1. The molecule has 2 rings (SSSR count). The van der Waals surface area contributed by atoms with Gasteiger partial charge in [0.05, 0.1) is 12.2 Å². The number of hydrogen-bond acceptors (Lipinski definition) is 7. The average molecular weight is 381 g/mol. The van der Waals surface area contributed by atoms with E-state index in [-0.39, 0.29) is 12.2 Å². The van der Waals surface area contributed by atoms with E-state index in [9.17, 15) is 24.0 Å². The highest BCUT2D eigenvalue weighted by molar-refractivity contribution is 7.17. The number of ether oxygens (including phenoxy) is 1. The van der Waals surface area contributed by atoms with Crippen LogP contribution in [0.2, 0.25) is 0 Å². The number of nitrogens with one attached hydrogen (secondary N) is 1. The van der Waals surface area contributed by atoms with Gasteiger partial charge in [0, 0.05) is 11.9 Å². The molecule has 0 unspecified atom stereocenters. The monoisotopic (exact) mass is 381 g/mol. The summed E-state index contributed by atoms with van der Waals surface area (Å²) >= 11 is 1.23. The zero-order valence-electron chi connectivity index (χ0n) is 14.9. The molecule has 1 N–H and O–H groups in total. The largest absolute Gasteiger partial charge is 0.462 e. The van der Waals surface area contributed by atoms with Crippen molar-refractivity contribution in [1.29, 1.82) is 0 Å². The van der Waals surface area contributed by atoms with E-state index in [1.54, 1.807) is 13.8 Å². The van der Waals surface area contributed by atoms with Crippen molar-refractivity contribution in [2.75, 3.05) is 25.5 Å². The lowest BCUT2D eigenvalue weighted by atomic mass is 10.1. The molecule has 10 heteroatoms. The van der Waals surface area contributed by atoms with E-state index in [4.69, 9.17) is 4.74 Å². The van der Waals surface area contributed by atoms with E-state index in [2.05, 4.69) is 5.32 Å². The normalized spacial score (nSPS) is 14.2. The first kappa shape index (κ1) is 19.6. The maximum Gasteiger partial charge on any atom is 0.341 e. The van der Waals surface area contributed by atoms with Crippen molar-refractivity contribution in [2.24, 2.45) is 0 Å². The molecule has 0 bridgehead atoms. The smallest absolute Gasteiger partial charge is 0.341 e. The molecule has 0 aromatic carbocycles. The molecular weight excluding hydrogens is 362 g/mol. The highest BCUT2D eigenvalue weighted by Crippen LogP contribution is 2.34. The average Bonchev–Trinajstić information content (AvgIpc) is 3.00. The third kappa shape index (κ3) is 3.45. The fraction of sp³-hybridized carbons (Fsp3) is 0.438. The van der Waals surface area contributed by atoms with Gasteiger partial charge in [-0.2, -0.15) is 0 Å². The van der Waals surface area contributed by atoms with Gasteiger partial charge in [0.15, 0.2) is 0 Å². The summed E-state index contributed by atoms with van der Waals surface area (Å²) in [5.41, 5.74) is 0.976. The first-order valence-electron chi connectivity index (χ1n) is 7.95. The van der Waals surface area contributed by atoms with E-state index in [1.807, 2.05) is 6.92 Å². The summed E-state index contributed by atoms with van der Waals surface area (Å²) in [5.74, 6) is -3.30. The molecule has 0 radical (unpaired) electrons. The standard InChI is InChI=1S/C16H19N3O6S/c1-5-9-8(3)11(15(23)25-6-2)12(26-9)17-10(20)7-19-14(22)13(21)18(4)16(19)24/h5-7H2,1-4H3,(H,17,20). The molecule has 1 fully saturated rings. The summed E-state index contributed by atoms with van der Waals surface area (Å²) in [7, 11) is 1.16. The molecule has 0 spiro atoms. The lowest BCUT2D eigenvalue weighted by Crippen LogP contribution is -2.38. The molecule has 5 amide bonds. The minimum atomic E-state index is -1.06. The van der Waals surface area contributed by atoms with Crippen molar-refractivity contribution < 1.29 is 28.7 Å². The number of esters is 1. The van der Waals surface area contributed by atoms with Gasteiger partial charge in [-0.05, 0) is 25.8 Å². The third-order valence-corrected chi connectivity index (χ3v) is 5.20. The molecule has 1 saturated heterocycles. The van der Waals surface area contributed by atoms with Gasteiger partial charge in [-0.15, -0.1) is 11.3 Å². The van der Waals surface area contributed by atoms with Crippen LogP contribution in [0.15, 0.2) is 0 Å². The van der Waals surface area contributed by atoms with E-state index in [1.165, 1.54) is 11.3 Å². The first-order valence-corrected chi connectivity index (χ1v) is 8.77. The van der Waals surface area contributed by atoms with Crippen molar-refractivity contribution in [3.05, 3.63) is 16.0 Å². The van der Waals surface area contributed by atoms with Crippen molar-refractivity contribution in [2.45, 2.75) is 27.2 Å². The number of urea groups is 1. The number of amides is 5. The highest BCUT2D eigenvalue weighted by atomic mass is 32.1. The zero-order chi connectivity index (χ0) is 19.6. The van der Waals surface area contributed by atoms with Crippen molar-refractivity contribution >= 4 is 46.1 Å². The number of rotatable bonds is 6. The van der Waals surface area contributed by atoms with Gasteiger partial charge in [-0.25, -0.2) is 14.5 Å². The number of nitrogens with zero attached hydrogens (tertiary/aromatic N) is 2. The summed E-state index contributed by atoms with van der Waals surface area (Å²) in [5, 5.41) is 2.84. The summed E-state index contributed by atoms with van der Waals surface area (Å²) < 4.78 is 5.03. The van der Waals surface area contributed by atoms with Crippen molar-refractivity contribution in [3.8, 4) is 0 Å². The predicted molar refractivity (Wildman–Crippen MR) is 92.9 cm³/mol. The fourth-order valence-corrected chi connectivity index (χ4v) is 3.65. The Morgan fingerprint density at radius 2 is 1.81 bits per heavy atom. The lowest BCUT2D eigenvalue weighted by molar-refractivity contribution is -0.143. The zero-order valence-corrected chi connectivity index (χ0v) is 15.7. The second kappa shape index (κ2) is 7.65. The molecule has 26 heavy (non-hydrogen) atoms. The molecule has 0 aliphatic carbocycles. The molecule has 9 nitrogen and oxygen atoms in total. The van der Waals surface area contributed by atoms with Crippen molar-refractivity contribution in [3.63, 3.8) is 0 Å². The van der Waals surface area contributed by atoms with Crippen LogP contribution >= 0.6 is 11.3 Å². The van der Waals surface area contributed by atoms with Crippen LogP contribution in [0.25, 0.3) is 0 Å². The Bertz CT molecular complexity index is 800. The number of thiophene rings is 1. The summed E-state index contributed by atoms with van der Waals surface area (Å²) in [6.45, 7) is 4.93. The number of hydrogen-bond donors (Lipinski definition) is 1. The van der Waals surface area contributed by atoms with E-state index < -0.39 is 36.3 Å². The molecule has 1 aromatic heterocycles. The minimum absolute atomic E-state index is 0.189. The number of imide groups is 2. The van der Waals surface area contributed by atoms with Crippen LogP contribution in [0.4, 0.5) is 9.80 Å². The van der Waals surface area contributed by atoms with Crippen LogP contribution in [0.5, 0.6) is 0 Å². The second-order valence-corrected chi connectivity index (χ2v) is 6.62. The van der Waals surface area contributed by atoms with Gasteiger partial charge in [0.25, 0.3) is 0 Å². The van der Waals surface area contributed by atoms with Crippen LogP contribution in [-0.2, 0) is 25.5 Å². The molecule has 1 aliphatic heterocycles. The van der Waals surface area contributed by atoms with Crippen LogP contribution in [-0.4, -0.2) is 59.7 Å². The second-order valence-electron chi connectivity index (χ2n) is 5.51. The van der Waals surface area contributed by atoms with E-state index in [0.29, 0.717) is 21.2 Å². The molecule has 140 valence electrons. The lowest BCUT2D eigenvalue weighted by Gasteiger charge is -2.13. The Morgan fingerprint density at radius 1 is 1.15 bits per heavy atom. The van der Waals surface area contributed by atoms with E-state index >= 15 is 0 Å². The van der Waals surface area contributed by atoms with Gasteiger partial charge >= 0.3 is 23.8 Å². The van der Waals surface area contributed by atoms with Crippen LogP contribution in [0.3, 0.4) is 0 Å². The predicted octanol–water partition coefficient (Wildman–Crippen LogP) is 1.15. The van der Waals surface area contributed by atoms with Crippen molar-refractivity contribution in [1.82, 2.24) is 9.80 Å². The van der Waals surface area contributed by atoms with Crippen LogP contribution < -0.4 is 5.32 Å². The maximum atomic E-state index is 12.3. The molecule has 0 saturated carbocycles. The molecular formula is C16H19N3O6S. The number of carbonyl (C=O) groups is 5. The van der Waals surface area contributed by atoms with Gasteiger partial charge in [0.1, 0.15) is 11.5 Å². The number of anilines is 1. The Morgan fingerprint density at radius 3 is 2.31 bits per heavy atom. The maximum absolute atomic E-state index is 12.3. The summed E-state index contributed by atoms with van der Waals surface area (Å²) in [4.78, 5) is 61.7. The third-order valence-electron chi connectivity index (χ3n) is 3.85. The molecule has 2 heterocycles. The number of carbonyl (C=O) groups excluding carboxylic acids is 5. The Balaban J connectivity index is 2.21. The Kier molecular flexibility index (Phi) is 5.76. The van der Waals surface area contributed by atoms with Gasteiger partial charge < -0.3 is 10.1 Å². The Hall–Kier alpha value is -2.75. The molecule has 1 aliphatic rings. The van der Waals surface area contributed by atoms with E-state index in [0.717, 1.165) is 17.5 Å². The topological polar surface area (TPSA) is 113 Å². The van der Waals surface area contributed by atoms with Gasteiger partial charge in [-0.3, -0.25) is 19.3 Å². The molecule has 1 aromatic rings. The first-order chi connectivity index (χ1) is 12.2. The van der Waals surface area contributed by atoms with Crippen LogP contribution in [0.1, 0.15) is 34.6 Å². The summed E-state index contributed by atoms with van der Waals surface area (Å²) in [6.07, 6.45) is 0.668. The van der Waals surface area contributed by atoms with Crippen LogP contribution in [0, 0.1) is 6.92 Å². The Labute approximate surface area is 153 Å². The SMILES string of the molecule is CCOC(=O)c1c(NC(=O)CN2C(=O)C(=O)N(C)C2=O)sc(CC)c1C. The fourth-order valence-electron chi connectivity index (χ4n) is 2.50. The quantitative estimate of drug-likeness (QED) is 0.449. The molecule has 0 atom stereocenters.